The molecule has 1 heterocycles. The highest BCUT2D eigenvalue weighted by Crippen LogP contribution is 2.21. The van der Waals surface area contributed by atoms with E-state index in [0.29, 0.717) is 5.82 Å². The van der Waals surface area contributed by atoms with Gasteiger partial charge in [-0.25, -0.2) is 15.8 Å². The van der Waals surface area contributed by atoms with E-state index in [1.165, 1.54) is 11.1 Å². The number of nitrogens with zero attached hydrogens (tertiary/aromatic N) is 2. The van der Waals surface area contributed by atoms with Crippen molar-refractivity contribution in [3.8, 4) is 0 Å². The van der Waals surface area contributed by atoms with Crippen LogP contribution in [0.5, 0.6) is 0 Å². The number of aromatic nitrogens is 2. The van der Waals surface area contributed by atoms with E-state index in [4.69, 9.17) is 5.84 Å². The van der Waals surface area contributed by atoms with Gasteiger partial charge in [-0.1, -0.05) is 24.6 Å². The van der Waals surface area contributed by atoms with Gasteiger partial charge in [0.05, 0.1) is 0 Å². The molecule has 0 bridgehead atoms. The van der Waals surface area contributed by atoms with E-state index in [-0.39, 0.29) is 0 Å². The van der Waals surface area contributed by atoms with Gasteiger partial charge in [-0.3, -0.25) is 0 Å². The monoisotopic (exact) mass is 257 g/mol. The molecule has 0 amide bonds. The van der Waals surface area contributed by atoms with Crippen LogP contribution < -0.4 is 16.6 Å². The number of hydrogen-bond donors (Lipinski definition) is 3. The number of rotatable bonds is 4. The van der Waals surface area contributed by atoms with Gasteiger partial charge in [0.1, 0.15) is 17.5 Å². The maximum Gasteiger partial charge on any atom is 0.145 e. The average Bonchev–Trinajstić information content (AvgIpc) is 2.41. The maximum absolute atomic E-state index is 5.42. The van der Waals surface area contributed by atoms with Gasteiger partial charge < -0.3 is 10.7 Å². The quantitative estimate of drug-likeness (QED) is 0.580. The summed E-state index contributed by atoms with van der Waals surface area (Å²) in [5, 5.41) is 3.30. The number of nitrogens with two attached hydrogens (primary N) is 1. The minimum absolute atomic E-state index is 0.610. The molecular formula is C14H19N5. The fraction of sp³-hybridized carbons (Fsp3) is 0.286. The Labute approximate surface area is 113 Å². The number of anilines is 3. The zero-order valence-electron chi connectivity index (χ0n) is 11.5. The Morgan fingerprint density at radius 3 is 2.47 bits per heavy atom. The van der Waals surface area contributed by atoms with Crippen molar-refractivity contribution in [3.05, 3.63) is 41.2 Å². The molecule has 0 aliphatic rings. The zero-order valence-corrected chi connectivity index (χ0v) is 11.5. The zero-order chi connectivity index (χ0) is 13.8. The van der Waals surface area contributed by atoms with Gasteiger partial charge in [0.25, 0.3) is 0 Å². The van der Waals surface area contributed by atoms with Crippen LogP contribution in [0.3, 0.4) is 0 Å². The van der Waals surface area contributed by atoms with Crippen LogP contribution in [0.25, 0.3) is 0 Å². The van der Waals surface area contributed by atoms with Crippen LogP contribution in [-0.2, 0) is 6.42 Å². The summed E-state index contributed by atoms with van der Waals surface area (Å²) in [5.74, 6) is 7.52. The Balaban J connectivity index is 2.31. The Bertz CT molecular complexity index is 558. The molecule has 0 aliphatic heterocycles. The molecule has 1 aromatic carbocycles. The van der Waals surface area contributed by atoms with Crippen molar-refractivity contribution in [2.24, 2.45) is 5.84 Å². The van der Waals surface area contributed by atoms with Crippen LogP contribution in [-0.4, -0.2) is 9.97 Å². The summed E-state index contributed by atoms with van der Waals surface area (Å²) in [5.41, 5.74) is 6.02. The lowest BCUT2D eigenvalue weighted by Crippen LogP contribution is -2.11. The van der Waals surface area contributed by atoms with Crippen molar-refractivity contribution in [2.75, 3.05) is 10.7 Å². The average molecular weight is 257 g/mol. The molecule has 5 nitrogen and oxygen atoms in total. The predicted molar refractivity (Wildman–Crippen MR) is 78.4 cm³/mol. The lowest BCUT2D eigenvalue weighted by Gasteiger charge is -2.11. The van der Waals surface area contributed by atoms with Gasteiger partial charge >= 0.3 is 0 Å². The van der Waals surface area contributed by atoms with E-state index in [2.05, 4.69) is 46.7 Å². The van der Waals surface area contributed by atoms with Crippen molar-refractivity contribution < 1.29 is 0 Å². The summed E-state index contributed by atoms with van der Waals surface area (Å²) in [6, 6.07) is 8.04. The second kappa shape index (κ2) is 5.67. The smallest absolute Gasteiger partial charge is 0.145 e. The normalized spacial score (nSPS) is 10.3. The SMILES string of the molecule is CCc1nc(NN)cc(Nc2ccc(C)cc2C)n1. The Hall–Kier alpha value is -2.14. The molecule has 2 rings (SSSR count). The van der Waals surface area contributed by atoms with E-state index in [0.717, 1.165) is 23.8 Å². The van der Waals surface area contributed by atoms with Gasteiger partial charge in [-0.2, -0.15) is 0 Å². The third-order valence-corrected chi connectivity index (χ3v) is 2.88. The minimum atomic E-state index is 0.610. The summed E-state index contributed by atoms with van der Waals surface area (Å²) in [7, 11) is 0. The molecule has 0 fully saturated rings. The fourth-order valence-electron chi connectivity index (χ4n) is 1.89. The molecule has 4 N–H and O–H groups in total. The van der Waals surface area contributed by atoms with Crippen LogP contribution in [0.4, 0.5) is 17.3 Å². The van der Waals surface area contributed by atoms with E-state index < -0.39 is 0 Å². The molecular weight excluding hydrogens is 238 g/mol. The Kier molecular flexibility index (Phi) is 3.97. The summed E-state index contributed by atoms with van der Waals surface area (Å²) in [4.78, 5) is 8.70. The van der Waals surface area contributed by atoms with Gasteiger partial charge in [0, 0.05) is 18.2 Å². The summed E-state index contributed by atoms with van der Waals surface area (Å²) >= 11 is 0. The molecule has 2 aromatic rings. The molecule has 0 atom stereocenters. The highest BCUT2D eigenvalue weighted by Gasteiger charge is 2.05. The third kappa shape index (κ3) is 3.20. The molecule has 1 aromatic heterocycles. The number of benzene rings is 1. The second-order valence-corrected chi connectivity index (χ2v) is 4.50. The Morgan fingerprint density at radius 2 is 1.84 bits per heavy atom. The number of aryl methyl sites for hydroxylation is 3. The van der Waals surface area contributed by atoms with Crippen molar-refractivity contribution in [1.29, 1.82) is 0 Å². The third-order valence-electron chi connectivity index (χ3n) is 2.88. The lowest BCUT2D eigenvalue weighted by molar-refractivity contribution is 0.941. The predicted octanol–water partition coefficient (Wildman–Crippen LogP) is 2.69. The topological polar surface area (TPSA) is 75.9 Å². The first-order valence-electron chi connectivity index (χ1n) is 6.31. The summed E-state index contributed by atoms with van der Waals surface area (Å²) in [6.07, 6.45) is 0.761. The first-order valence-corrected chi connectivity index (χ1v) is 6.31. The van der Waals surface area contributed by atoms with Gasteiger partial charge in [-0.15, -0.1) is 0 Å². The van der Waals surface area contributed by atoms with Crippen LogP contribution >= 0.6 is 0 Å². The number of hydrazine groups is 1. The number of nitrogens with one attached hydrogen (secondary N) is 2. The largest absolute Gasteiger partial charge is 0.340 e. The van der Waals surface area contributed by atoms with Crippen LogP contribution in [0.2, 0.25) is 0 Å². The standard InChI is InChI=1S/C14H19N5/c1-4-12-17-13(8-14(18-12)19-15)16-11-6-5-9(2)7-10(11)3/h5-8H,4,15H2,1-3H3,(H2,16,17,18,19). The molecule has 5 heteroatoms. The van der Waals surface area contributed by atoms with Gasteiger partial charge in [0.15, 0.2) is 0 Å². The molecule has 19 heavy (non-hydrogen) atoms. The molecule has 0 spiro atoms. The van der Waals surface area contributed by atoms with E-state index >= 15 is 0 Å². The molecule has 0 aliphatic carbocycles. The van der Waals surface area contributed by atoms with Crippen molar-refractivity contribution in [1.82, 2.24) is 9.97 Å². The second-order valence-electron chi connectivity index (χ2n) is 4.50. The van der Waals surface area contributed by atoms with Crippen molar-refractivity contribution in [2.45, 2.75) is 27.2 Å². The molecule has 100 valence electrons. The number of hydrogen-bond acceptors (Lipinski definition) is 5. The van der Waals surface area contributed by atoms with Crippen molar-refractivity contribution in [3.63, 3.8) is 0 Å². The summed E-state index contributed by atoms with van der Waals surface area (Å²) in [6.45, 7) is 6.16. The maximum atomic E-state index is 5.42. The van der Waals surface area contributed by atoms with E-state index in [1.807, 2.05) is 13.0 Å². The highest BCUT2D eigenvalue weighted by molar-refractivity contribution is 5.62. The molecule has 0 radical (unpaired) electrons. The first kappa shape index (κ1) is 13.3. The van der Waals surface area contributed by atoms with E-state index in [1.54, 1.807) is 6.07 Å². The Morgan fingerprint density at radius 1 is 1.11 bits per heavy atom. The first-order chi connectivity index (χ1) is 9.12. The van der Waals surface area contributed by atoms with Crippen LogP contribution in [0, 0.1) is 13.8 Å². The summed E-state index contributed by atoms with van der Waals surface area (Å²) < 4.78 is 0. The van der Waals surface area contributed by atoms with Crippen LogP contribution in [0.1, 0.15) is 23.9 Å². The highest BCUT2D eigenvalue weighted by atomic mass is 15.3. The van der Waals surface area contributed by atoms with Gasteiger partial charge in [-0.05, 0) is 25.5 Å². The van der Waals surface area contributed by atoms with E-state index in [9.17, 15) is 0 Å². The molecule has 0 saturated heterocycles. The molecule has 0 unspecified atom stereocenters. The molecule has 0 saturated carbocycles. The minimum Gasteiger partial charge on any atom is -0.340 e. The number of nitrogen functional groups attached to an aromatic ring is 1. The fourth-order valence-corrected chi connectivity index (χ4v) is 1.89. The van der Waals surface area contributed by atoms with Gasteiger partial charge in [0.2, 0.25) is 0 Å². The lowest BCUT2D eigenvalue weighted by atomic mass is 10.1. The van der Waals surface area contributed by atoms with Crippen molar-refractivity contribution >= 4 is 17.3 Å². The van der Waals surface area contributed by atoms with Crippen LogP contribution in [0.15, 0.2) is 24.3 Å².